The summed E-state index contributed by atoms with van der Waals surface area (Å²) in [6.45, 7) is 0.455. The van der Waals surface area contributed by atoms with Gasteiger partial charge in [0.25, 0.3) is 5.91 Å². The van der Waals surface area contributed by atoms with Crippen molar-refractivity contribution in [3.8, 4) is 16.3 Å². The average molecular weight is 325 g/mol. The Kier molecular flexibility index (Phi) is 4.63. The zero-order valence-electron chi connectivity index (χ0n) is 12.5. The number of amides is 1. The third-order valence-corrected chi connectivity index (χ3v) is 4.36. The van der Waals surface area contributed by atoms with E-state index in [2.05, 4.69) is 15.3 Å². The highest BCUT2D eigenvalue weighted by molar-refractivity contribution is 7.17. The fraction of sp³-hybridized carbons (Fsp3) is 0.118. The number of hydrogen-bond donors (Lipinski definition) is 1. The van der Waals surface area contributed by atoms with Crippen LogP contribution in [0.2, 0.25) is 0 Å². The van der Waals surface area contributed by atoms with Crippen LogP contribution < -0.4 is 10.1 Å². The Morgan fingerprint density at radius 3 is 2.96 bits per heavy atom. The summed E-state index contributed by atoms with van der Waals surface area (Å²) in [6.07, 6.45) is 3.18. The van der Waals surface area contributed by atoms with Crippen LogP contribution in [0.4, 0.5) is 0 Å². The van der Waals surface area contributed by atoms with Crippen molar-refractivity contribution in [2.45, 2.75) is 6.54 Å². The molecule has 0 unspecified atom stereocenters. The molecule has 116 valence electrons. The van der Waals surface area contributed by atoms with Crippen LogP contribution >= 0.6 is 11.3 Å². The van der Waals surface area contributed by atoms with E-state index in [1.807, 2.05) is 42.5 Å². The number of carbonyl (C=O) groups is 1. The van der Waals surface area contributed by atoms with Crippen molar-refractivity contribution in [2.24, 2.45) is 0 Å². The first kappa shape index (κ1) is 15.2. The number of hydrogen-bond acceptors (Lipinski definition) is 5. The molecule has 1 amide bonds. The van der Waals surface area contributed by atoms with Crippen molar-refractivity contribution >= 4 is 17.2 Å². The maximum absolute atomic E-state index is 12.3. The number of nitrogens with one attached hydrogen (secondary N) is 1. The van der Waals surface area contributed by atoms with Crippen molar-refractivity contribution in [1.29, 1.82) is 0 Å². The molecule has 6 heteroatoms. The molecule has 3 aromatic rings. The van der Waals surface area contributed by atoms with Crippen molar-refractivity contribution in [1.82, 2.24) is 15.3 Å². The number of nitrogens with zero attached hydrogens (tertiary/aromatic N) is 2. The standard InChI is InChI=1S/C17H15N3O2S/c1-22-13-4-2-3-12(9-13)10-19-17(21)16-6-5-15(23-16)14-7-8-18-11-20-14/h2-9,11H,10H2,1H3,(H,19,21). The van der Waals surface area contributed by atoms with Gasteiger partial charge in [-0.3, -0.25) is 4.79 Å². The van der Waals surface area contributed by atoms with Gasteiger partial charge in [0.1, 0.15) is 12.1 Å². The minimum absolute atomic E-state index is 0.0990. The van der Waals surface area contributed by atoms with Gasteiger partial charge < -0.3 is 10.1 Å². The predicted octanol–water partition coefficient (Wildman–Crippen LogP) is 3.14. The maximum Gasteiger partial charge on any atom is 0.261 e. The van der Waals surface area contributed by atoms with Gasteiger partial charge >= 0.3 is 0 Å². The quantitative estimate of drug-likeness (QED) is 0.783. The van der Waals surface area contributed by atoms with Crippen LogP contribution in [0.25, 0.3) is 10.6 Å². The minimum atomic E-state index is -0.0990. The average Bonchev–Trinajstić information content (AvgIpc) is 3.11. The smallest absolute Gasteiger partial charge is 0.261 e. The Bertz CT molecular complexity index is 802. The summed E-state index contributed by atoms with van der Waals surface area (Å²) in [5.41, 5.74) is 1.81. The molecule has 1 aromatic carbocycles. The van der Waals surface area contributed by atoms with E-state index < -0.39 is 0 Å². The fourth-order valence-corrected chi connectivity index (χ4v) is 2.99. The first-order chi connectivity index (χ1) is 11.3. The molecule has 5 nitrogen and oxygen atoms in total. The lowest BCUT2D eigenvalue weighted by Gasteiger charge is -2.06. The minimum Gasteiger partial charge on any atom is -0.497 e. The summed E-state index contributed by atoms with van der Waals surface area (Å²) in [7, 11) is 1.62. The summed E-state index contributed by atoms with van der Waals surface area (Å²) in [4.78, 5) is 21.9. The molecule has 0 bridgehead atoms. The molecule has 0 aliphatic carbocycles. The molecule has 23 heavy (non-hydrogen) atoms. The molecule has 0 radical (unpaired) electrons. The molecule has 1 N–H and O–H groups in total. The second-order valence-corrected chi connectivity index (χ2v) is 5.88. The summed E-state index contributed by atoms with van der Waals surface area (Å²) in [5, 5.41) is 2.91. The van der Waals surface area contributed by atoms with Crippen molar-refractivity contribution in [2.75, 3.05) is 7.11 Å². The second-order valence-electron chi connectivity index (χ2n) is 4.79. The summed E-state index contributed by atoms with van der Waals surface area (Å²) in [5.74, 6) is 0.678. The number of thiophene rings is 1. The molecule has 0 fully saturated rings. The molecule has 0 saturated carbocycles. The first-order valence-electron chi connectivity index (χ1n) is 7.03. The van der Waals surface area contributed by atoms with Gasteiger partial charge in [0.05, 0.1) is 22.6 Å². The summed E-state index contributed by atoms with van der Waals surface area (Å²) < 4.78 is 5.18. The zero-order valence-corrected chi connectivity index (χ0v) is 13.3. The number of benzene rings is 1. The highest BCUT2D eigenvalue weighted by Crippen LogP contribution is 2.26. The van der Waals surface area contributed by atoms with E-state index in [9.17, 15) is 4.79 Å². The Morgan fingerprint density at radius 2 is 2.17 bits per heavy atom. The first-order valence-corrected chi connectivity index (χ1v) is 7.85. The number of aromatic nitrogens is 2. The van der Waals surface area contributed by atoms with E-state index in [0.717, 1.165) is 21.9 Å². The Labute approximate surface area is 138 Å². The van der Waals surface area contributed by atoms with Crippen LogP contribution in [0.3, 0.4) is 0 Å². The normalized spacial score (nSPS) is 10.3. The summed E-state index contributed by atoms with van der Waals surface area (Å²) >= 11 is 1.41. The molecule has 3 rings (SSSR count). The van der Waals surface area contributed by atoms with Crippen LogP contribution in [-0.4, -0.2) is 23.0 Å². The second kappa shape index (κ2) is 7.02. The van der Waals surface area contributed by atoms with Crippen LogP contribution in [0.15, 0.2) is 55.0 Å². The molecular weight excluding hydrogens is 310 g/mol. The zero-order chi connectivity index (χ0) is 16.1. The van der Waals surface area contributed by atoms with Crippen LogP contribution in [0.1, 0.15) is 15.2 Å². The van der Waals surface area contributed by atoms with Gasteiger partial charge in [-0.15, -0.1) is 11.3 Å². The van der Waals surface area contributed by atoms with Crippen molar-refractivity contribution in [3.05, 3.63) is 65.4 Å². The number of methoxy groups -OCH3 is 1. The third kappa shape index (κ3) is 3.73. The lowest BCUT2D eigenvalue weighted by molar-refractivity contribution is 0.0955. The Balaban J connectivity index is 1.66. The molecule has 0 aliphatic heterocycles. The molecular formula is C17H15N3O2S. The van der Waals surface area contributed by atoms with Gasteiger partial charge in [-0.1, -0.05) is 12.1 Å². The van der Waals surface area contributed by atoms with E-state index in [1.165, 1.54) is 17.7 Å². The molecule has 0 atom stereocenters. The van der Waals surface area contributed by atoms with Crippen LogP contribution in [0, 0.1) is 0 Å². The molecule has 0 spiro atoms. The monoisotopic (exact) mass is 325 g/mol. The molecule has 0 aliphatic rings. The number of rotatable bonds is 5. The van der Waals surface area contributed by atoms with E-state index in [-0.39, 0.29) is 5.91 Å². The van der Waals surface area contributed by atoms with Gasteiger partial charge in [-0.05, 0) is 35.9 Å². The van der Waals surface area contributed by atoms with Gasteiger partial charge in [-0.25, -0.2) is 9.97 Å². The SMILES string of the molecule is COc1cccc(CNC(=O)c2ccc(-c3ccncn3)s2)c1. The highest BCUT2D eigenvalue weighted by Gasteiger charge is 2.10. The van der Waals surface area contributed by atoms with Crippen molar-refractivity contribution < 1.29 is 9.53 Å². The number of carbonyl (C=O) groups excluding carboxylic acids is 1. The topological polar surface area (TPSA) is 64.1 Å². The lowest BCUT2D eigenvalue weighted by Crippen LogP contribution is -2.21. The van der Waals surface area contributed by atoms with Crippen LogP contribution in [-0.2, 0) is 6.54 Å². The van der Waals surface area contributed by atoms with Gasteiger partial charge in [0.2, 0.25) is 0 Å². The molecule has 2 aromatic heterocycles. The summed E-state index contributed by atoms with van der Waals surface area (Å²) in [6, 6.07) is 13.2. The van der Waals surface area contributed by atoms with E-state index >= 15 is 0 Å². The molecule has 2 heterocycles. The third-order valence-electron chi connectivity index (χ3n) is 3.25. The van der Waals surface area contributed by atoms with Crippen molar-refractivity contribution in [3.63, 3.8) is 0 Å². The van der Waals surface area contributed by atoms with E-state index in [0.29, 0.717) is 11.4 Å². The fourth-order valence-electron chi connectivity index (χ4n) is 2.09. The van der Waals surface area contributed by atoms with E-state index in [4.69, 9.17) is 4.74 Å². The predicted molar refractivity (Wildman–Crippen MR) is 89.5 cm³/mol. The number of ether oxygens (including phenoxy) is 1. The molecule has 0 saturated heterocycles. The maximum atomic E-state index is 12.3. The largest absolute Gasteiger partial charge is 0.497 e. The van der Waals surface area contributed by atoms with Gasteiger partial charge in [0, 0.05) is 12.7 Å². The van der Waals surface area contributed by atoms with Crippen LogP contribution in [0.5, 0.6) is 5.75 Å². The van der Waals surface area contributed by atoms with Gasteiger partial charge in [-0.2, -0.15) is 0 Å². The lowest BCUT2D eigenvalue weighted by atomic mass is 10.2. The Hall–Kier alpha value is -2.73. The van der Waals surface area contributed by atoms with E-state index in [1.54, 1.807) is 13.3 Å². The highest BCUT2D eigenvalue weighted by atomic mass is 32.1. The Morgan fingerprint density at radius 1 is 1.26 bits per heavy atom. The van der Waals surface area contributed by atoms with Gasteiger partial charge in [0.15, 0.2) is 0 Å².